The molecular formula is C16H17NO2S. The van der Waals surface area contributed by atoms with Crippen LogP contribution in [0.2, 0.25) is 0 Å². The highest BCUT2D eigenvalue weighted by Crippen LogP contribution is 2.30. The van der Waals surface area contributed by atoms with Crippen LogP contribution in [-0.2, 0) is 12.8 Å². The molecule has 0 aliphatic carbocycles. The van der Waals surface area contributed by atoms with Gasteiger partial charge >= 0.3 is 5.97 Å². The van der Waals surface area contributed by atoms with Crippen LogP contribution in [0.15, 0.2) is 35.0 Å². The van der Waals surface area contributed by atoms with E-state index in [0.717, 1.165) is 43.6 Å². The van der Waals surface area contributed by atoms with Gasteiger partial charge in [0.15, 0.2) is 0 Å². The number of carboxylic acids is 1. The maximum Gasteiger partial charge on any atom is 0.336 e. The molecule has 3 nitrogen and oxygen atoms in total. The van der Waals surface area contributed by atoms with Crippen molar-refractivity contribution in [1.82, 2.24) is 0 Å². The summed E-state index contributed by atoms with van der Waals surface area (Å²) in [5.41, 5.74) is 3.92. The predicted octanol–water partition coefficient (Wildman–Crippen LogP) is 3.44. The van der Waals surface area contributed by atoms with Gasteiger partial charge in [-0.25, -0.2) is 4.79 Å². The first-order chi connectivity index (χ1) is 9.75. The van der Waals surface area contributed by atoms with Crippen LogP contribution in [0.5, 0.6) is 0 Å². The molecule has 0 bridgehead atoms. The van der Waals surface area contributed by atoms with Crippen LogP contribution in [0.1, 0.15) is 27.9 Å². The molecular weight excluding hydrogens is 270 g/mol. The predicted molar refractivity (Wildman–Crippen MR) is 82.0 cm³/mol. The number of anilines is 1. The number of benzene rings is 1. The van der Waals surface area contributed by atoms with Gasteiger partial charge in [-0.1, -0.05) is 6.07 Å². The van der Waals surface area contributed by atoms with Crippen LogP contribution >= 0.6 is 11.3 Å². The minimum atomic E-state index is -0.818. The fourth-order valence-corrected chi connectivity index (χ4v) is 3.54. The van der Waals surface area contributed by atoms with Crippen molar-refractivity contribution in [3.8, 4) is 0 Å². The third-order valence-corrected chi connectivity index (χ3v) is 4.56. The fraction of sp³-hybridized carbons (Fsp3) is 0.312. The molecule has 20 heavy (non-hydrogen) atoms. The Labute approximate surface area is 122 Å². The number of carboxylic acid groups (broad SMARTS) is 1. The highest BCUT2D eigenvalue weighted by atomic mass is 32.1. The van der Waals surface area contributed by atoms with E-state index in [2.05, 4.69) is 27.8 Å². The fourth-order valence-electron chi connectivity index (χ4n) is 2.83. The van der Waals surface area contributed by atoms with E-state index >= 15 is 0 Å². The van der Waals surface area contributed by atoms with Crippen molar-refractivity contribution in [2.75, 3.05) is 18.0 Å². The van der Waals surface area contributed by atoms with Crippen LogP contribution in [0, 0.1) is 0 Å². The molecule has 104 valence electrons. The van der Waals surface area contributed by atoms with Gasteiger partial charge in [0.05, 0.1) is 5.56 Å². The van der Waals surface area contributed by atoms with Crippen molar-refractivity contribution in [3.63, 3.8) is 0 Å². The molecule has 3 rings (SSSR count). The number of carbonyl (C=O) groups is 1. The van der Waals surface area contributed by atoms with Gasteiger partial charge in [-0.2, -0.15) is 11.3 Å². The summed E-state index contributed by atoms with van der Waals surface area (Å²) in [6.45, 7) is 1.97. The summed E-state index contributed by atoms with van der Waals surface area (Å²) in [4.78, 5) is 13.6. The highest BCUT2D eigenvalue weighted by Gasteiger charge is 2.21. The molecule has 2 heterocycles. The lowest BCUT2D eigenvalue weighted by Gasteiger charge is -2.32. The summed E-state index contributed by atoms with van der Waals surface area (Å²) >= 11 is 1.72. The Kier molecular flexibility index (Phi) is 3.74. The quantitative estimate of drug-likeness (QED) is 0.936. The van der Waals surface area contributed by atoms with Crippen LogP contribution in [-0.4, -0.2) is 24.2 Å². The Morgan fingerprint density at radius 1 is 1.35 bits per heavy atom. The Morgan fingerprint density at radius 3 is 3.00 bits per heavy atom. The van der Waals surface area contributed by atoms with Gasteiger partial charge < -0.3 is 10.0 Å². The van der Waals surface area contributed by atoms with Gasteiger partial charge in [0, 0.05) is 18.8 Å². The van der Waals surface area contributed by atoms with E-state index in [9.17, 15) is 9.90 Å². The largest absolute Gasteiger partial charge is 0.478 e. The Hall–Kier alpha value is -1.81. The first kappa shape index (κ1) is 13.2. The number of fused-ring (bicyclic) bond motifs is 1. The second-order valence-corrected chi connectivity index (χ2v) is 5.86. The number of thiophene rings is 1. The second kappa shape index (κ2) is 5.67. The number of nitrogens with zero attached hydrogens (tertiary/aromatic N) is 1. The standard InChI is InChI=1S/C16H17NO2S/c18-16(19)14-3-1-5-15-13(14)4-2-8-17(15)9-6-12-7-10-20-11-12/h1,3,5,7,10-11H,2,4,6,8-9H2,(H,18,19). The van der Waals surface area contributed by atoms with E-state index in [-0.39, 0.29) is 0 Å². The molecule has 0 unspecified atom stereocenters. The summed E-state index contributed by atoms with van der Waals surface area (Å²) in [7, 11) is 0. The van der Waals surface area contributed by atoms with Crippen molar-refractivity contribution in [1.29, 1.82) is 0 Å². The van der Waals surface area contributed by atoms with Crippen molar-refractivity contribution < 1.29 is 9.90 Å². The van der Waals surface area contributed by atoms with Crippen LogP contribution in [0.3, 0.4) is 0 Å². The van der Waals surface area contributed by atoms with Crippen LogP contribution < -0.4 is 4.90 Å². The first-order valence-corrected chi connectivity index (χ1v) is 7.81. The molecule has 0 saturated carbocycles. The zero-order chi connectivity index (χ0) is 13.9. The molecule has 0 amide bonds. The average molecular weight is 287 g/mol. The highest BCUT2D eigenvalue weighted by molar-refractivity contribution is 7.07. The summed E-state index contributed by atoms with van der Waals surface area (Å²) in [5.74, 6) is -0.818. The normalized spacial score (nSPS) is 14.1. The van der Waals surface area contributed by atoms with E-state index in [1.165, 1.54) is 5.56 Å². The lowest BCUT2D eigenvalue weighted by atomic mass is 9.96. The molecule has 1 aliphatic rings. The Balaban J connectivity index is 1.83. The lowest BCUT2D eigenvalue weighted by Crippen LogP contribution is -2.32. The molecule has 0 spiro atoms. The van der Waals surface area contributed by atoms with E-state index < -0.39 is 5.97 Å². The average Bonchev–Trinajstić information content (AvgIpc) is 2.97. The zero-order valence-electron chi connectivity index (χ0n) is 11.2. The summed E-state index contributed by atoms with van der Waals surface area (Å²) in [6.07, 6.45) is 2.91. The van der Waals surface area contributed by atoms with Gasteiger partial charge in [0.25, 0.3) is 0 Å². The van der Waals surface area contributed by atoms with Gasteiger partial charge in [-0.05, 0) is 59.3 Å². The van der Waals surface area contributed by atoms with Gasteiger partial charge in [0.2, 0.25) is 0 Å². The number of hydrogen-bond acceptors (Lipinski definition) is 3. The van der Waals surface area contributed by atoms with Gasteiger partial charge in [0.1, 0.15) is 0 Å². The molecule has 1 aliphatic heterocycles. The number of rotatable bonds is 4. The van der Waals surface area contributed by atoms with Gasteiger partial charge in [-0.3, -0.25) is 0 Å². The maximum absolute atomic E-state index is 11.3. The van der Waals surface area contributed by atoms with Crippen molar-refractivity contribution >= 4 is 23.0 Å². The molecule has 0 atom stereocenters. The van der Waals surface area contributed by atoms with E-state index in [1.807, 2.05) is 6.07 Å². The molecule has 1 N–H and O–H groups in total. The molecule has 0 fully saturated rings. The lowest BCUT2D eigenvalue weighted by molar-refractivity contribution is 0.0695. The minimum absolute atomic E-state index is 0.461. The smallest absolute Gasteiger partial charge is 0.336 e. The van der Waals surface area contributed by atoms with Crippen molar-refractivity contribution in [2.24, 2.45) is 0 Å². The molecule has 1 aromatic carbocycles. The Bertz CT molecular complexity index is 607. The number of aromatic carboxylic acids is 1. The molecule has 2 aromatic rings. The third kappa shape index (κ3) is 2.56. The third-order valence-electron chi connectivity index (χ3n) is 3.83. The summed E-state index contributed by atoms with van der Waals surface area (Å²) in [5, 5.41) is 13.6. The molecule has 1 aromatic heterocycles. The number of hydrogen-bond donors (Lipinski definition) is 1. The van der Waals surface area contributed by atoms with Crippen LogP contribution in [0.4, 0.5) is 5.69 Å². The van der Waals surface area contributed by atoms with Crippen molar-refractivity contribution in [3.05, 3.63) is 51.7 Å². The molecule has 4 heteroatoms. The van der Waals surface area contributed by atoms with Gasteiger partial charge in [-0.15, -0.1) is 0 Å². The van der Waals surface area contributed by atoms with E-state index in [4.69, 9.17) is 0 Å². The second-order valence-electron chi connectivity index (χ2n) is 5.08. The van der Waals surface area contributed by atoms with E-state index in [0.29, 0.717) is 5.56 Å². The van der Waals surface area contributed by atoms with E-state index in [1.54, 1.807) is 17.4 Å². The SMILES string of the molecule is O=C(O)c1cccc2c1CCCN2CCc1ccsc1. The summed E-state index contributed by atoms with van der Waals surface area (Å²) in [6, 6.07) is 7.77. The maximum atomic E-state index is 11.3. The Morgan fingerprint density at radius 2 is 2.25 bits per heavy atom. The molecule has 0 saturated heterocycles. The minimum Gasteiger partial charge on any atom is -0.478 e. The first-order valence-electron chi connectivity index (χ1n) is 6.87. The monoisotopic (exact) mass is 287 g/mol. The van der Waals surface area contributed by atoms with Crippen LogP contribution in [0.25, 0.3) is 0 Å². The summed E-state index contributed by atoms with van der Waals surface area (Å²) < 4.78 is 0. The van der Waals surface area contributed by atoms with Crippen molar-refractivity contribution in [2.45, 2.75) is 19.3 Å². The molecule has 0 radical (unpaired) electrons. The zero-order valence-corrected chi connectivity index (χ0v) is 12.0. The topological polar surface area (TPSA) is 40.5 Å².